The Morgan fingerprint density at radius 1 is 1.21 bits per heavy atom. The van der Waals surface area contributed by atoms with Crippen LogP contribution >= 0.6 is 0 Å². The zero-order valence-electron chi connectivity index (χ0n) is 15.0. The van der Waals surface area contributed by atoms with Crippen LogP contribution in [0.25, 0.3) is 0 Å². The summed E-state index contributed by atoms with van der Waals surface area (Å²) in [5.74, 6) is -3.75. The van der Waals surface area contributed by atoms with Crippen LogP contribution in [0, 0.1) is 17.5 Å². The highest BCUT2D eigenvalue weighted by molar-refractivity contribution is 6.74. The first-order valence-electron chi connectivity index (χ1n) is 8.29. The fraction of sp³-hybridized carbons (Fsp3) is 0.647. The average Bonchev–Trinajstić information content (AvgIpc) is 2.49. The van der Waals surface area contributed by atoms with Crippen molar-refractivity contribution in [3.05, 3.63) is 29.6 Å². The molecular weight excluding hydrogens is 333 g/mol. The largest absolute Gasteiger partial charge is 0.415 e. The predicted octanol–water partition coefficient (Wildman–Crippen LogP) is 3.90. The van der Waals surface area contributed by atoms with Gasteiger partial charge in [-0.1, -0.05) is 20.8 Å². The summed E-state index contributed by atoms with van der Waals surface area (Å²) in [7, 11) is -1.91. The Kier molecular flexibility index (Phi) is 5.67. The van der Waals surface area contributed by atoms with Gasteiger partial charge in [0, 0.05) is 37.5 Å². The summed E-state index contributed by atoms with van der Waals surface area (Å²) in [5.41, 5.74) is 0.358. The Labute approximate surface area is 143 Å². The quantitative estimate of drug-likeness (QED) is 0.651. The van der Waals surface area contributed by atoms with Crippen molar-refractivity contribution in [1.82, 2.24) is 5.32 Å². The number of rotatable bonds is 4. The van der Waals surface area contributed by atoms with E-state index in [4.69, 9.17) is 4.43 Å². The molecule has 1 atom stereocenters. The number of benzene rings is 1. The van der Waals surface area contributed by atoms with Gasteiger partial charge in [0.05, 0.1) is 12.6 Å². The van der Waals surface area contributed by atoms with Gasteiger partial charge in [0.1, 0.15) is 0 Å². The Morgan fingerprint density at radius 3 is 2.33 bits per heavy atom. The van der Waals surface area contributed by atoms with Gasteiger partial charge in [0.15, 0.2) is 25.8 Å². The molecular formula is C17H27F3N2OSi. The zero-order valence-corrected chi connectivity index (χ0v) is 16.0. The van der Waals surface area contributed by atoms with Crippen molar-refractivity contribution < 1.29 is 17.6 Å². The summed E-state index contributed by atoms with van der Waals surface area (Å²) in [6.45, 7) is 13.3. The molecule has 136 valence electrons. The van der Waals surface area contributed by atoms with E-state index in [2.05, 4.69) is 39.2 Å². The van der Waals surface area contributed by atoms with Gasteiger partial charge in [-0.05, 0) is 18.1 Å². The molecule has 0 spiro atoms. The number of nitrogens with zero attached hydrogens (tertiary/aromatic N) is 1. The topological polar surface area (TPSA) is 24.5 Å². The summed E-state index contributed by atoms with van der Waals surface area (Å²) in [6.07, 6.45) is 0. The predicted molar refractivity (Wildman–Crippen MR) is 93.5 cm³/mol. The molecule has 0 aliphatic carbocycles. The lowest BCUT2D eigenvalue weighted by atomic mass is 10.1. The number of anilines is 1. The van der Waals surface area contributed by atoms with Crippen molar-refractivity contribution in [1.29, 1.82) is 0 Å². The molecule has 1 saturated heterocycles. The zero-order chi connectivity index (χ0) is 18.1. The third kappa shape index (κ3) is 4.13. The van der Waals surface area contributed by atoms with Gasteiger partial charge in [-0.2, -0.15) is 0 Å². The third-order valence-corrected chi connectivity index (χ3v) is 9.59. The van der Waals surface area contributed by atoms with E-state index >= 15 is 0 Å². The van der Waals surface area contributed by atoms with Crippen LogP contribution in [0.15, 0.2) is 12.1 Å². The highest BCUT2D eigenvalue weighted by Gasteiger charge is 2.38. The lowest BCUT2D eigenvalue weighted by Gasteiger charge is -2.42. The molecule has 1 aliphatic heterocycles. The van der Waals surface area contributed by atoms with E-state index in [1.165, 1.54) is 0 Å². The van der Waals surface area contributed by atoms with E-state index < -0.39 is 25.8 Å². The molecule has 0 saturated carbocycles. The molecule has 7 heteroatoms. The molecule has 1 heterocycles. The molecule has 1 aromatic rings. The summed E-state index contributed by atoms with van der Waals surface area (Å²) in [5, 5.41) is 3.37. The van der Waals surface area contributed by atoms with Gasteiger partial charge in [-0.15, -0.1) is 0 Å². The van der Waals surface area contributed by atoms with Crippen LogP contribution in [-0.2, 0) is 4.43 Å². The van der Waals surface area contributed by atoms with Crippen LogP contribution in [0.2, 0.25) is 18.1 Å². The van der Waals surface area contributed by atoms with Gasteiger partial charge in [-0.25, -0.2) is 13.2 Å². The molecule has 0 radical (unpaired) electrons. The van der Waals surface area contributed by atoms with Crippen LogP contribution in [-0.4, -0.2) is 40.6 Å². The van der Waals surface area contributed by atoms with E-state index in [1.54, 1.807) is 0 Å². The highest BCUT2D eigenvalue weighted by Crippen LogP contribution is 2.37. The van der Waals surface area contributed by atoms with Gasteiger partial charge in [-0.3, -0.25) is 0 Å². The smallest absolute Gasteiger partial charge is 0.194 e. The van der Waals surface area contributed by atoms with Crippen molar-refractivity contribution in [3.8, 4) is 0 Å². The lowest BCUT2D eigenvalue weighted by molar-refractivity contribution is 0.245. The molecule has 0 bridgehead atoms. The second-order valence-corrected chi connectivity index (χ2v) is 12.7. The minimum absolute atomic E-state index is 0.0443. The normalized spacial score (nSPS) is 19.7. The molecule has 0 amide bonds. The fourth-order valence-electron chi connectivity index (χ4n) is 2.48. The summed E-state index contributed by atoms with van der Waals surface area (Å²) >= 11 is 0. The molecule has 1 aliphatic rings. The van der Waals surface area contributed by atoms with Gasteiger partial charge in [0.25, 0.3) is 0 Å². The first-order chi connectivity index (χ1) is 11.0. The Hall–Kier alpha value is -1.05. The van der Waals surface area contributed by atoms with Gasteiger partial charge in [0.2, 0.25) is 0 Å². The highest BCUT2D eigenvalue weighted by atomic mass is 28.4. The van der Waals surface area contributed by atoms with E-state index in [0.717, 1.165) is 12.1 Å². The van der Waals surface area contributed by atoms with Crippen molar-refractivity contribution in [2.75, 3.05) is 31.1 Å². The minimum atomic E-state index is -1.91. The van der Waals surface area contributed by atoms with Crippen molar-refractivity contribution in [3.63, 3.8) is 0 Å². The number of nitrogens with one attached hydrogen (secondary N) is 1. The molecule has 1 aromatic carbocycles. The SMILES string of the molecule is CC(C)(C)[Si](C)(C)OC[C@@H]1CNCCN1c1cc(F)c(F)c(F)c1. The first-order valence-corrected chi connectivity index (χ1v) is 11.2. The maximum absolute atomic E-state index is 13.6. The number of piperazine rings is 1. The monoisotopic (exact) mass is 360 g/mol. The molecule has 0 unspecified atom stereocenters. The molecule has 2 rings (SSSR count). The van der Waals surface area contributed by atoms with E-state index in [-0.39, 0.29) is 11.1 Å². The summed E-state index contributed by atoms with van der Waals surface area (Å²) in [4.78, 5) is 1.90. The van der Waals surface area contributed by atoms with Gasteiger partial charge < -0.3 is 14.6 Å². The lowest BCUT2D eigenvalue weighted by Crippen LogP contribution is -2.55. The Morgan fingerprint density at radius 2 is 1.79 bits per heavy atom. The third-order valence-electron chi connectivity index (χ3n) is 5.09. The molecule has 1 fully saturated rings. The second-order valence-electron chi connectivity index (χ2n) is 7.85. The van der Waals surface area contributed by atoms with E-state index in [0.29, 0.717) is 31.9 Å². The summed E-state index contributed by atoms with van der Waals surface area (Å²) in [6, 6.07) is 2.07. The van der Waals surface area contributed by atoms with Crippen molar-refractivity contribution in [2.24, 2.45) is 0 Å². The van der Waals surface area contributed by atoms with Crippen LogP contribution in [0.5, 0.6) is 0 Å². The Bertz CT molecular complexity index is 567. The molecule has 24 heavy (non-hydrogen) atoms. The number of halogens is 3. The molecule has 1 N–H and O–H groups in total. The first kappa shape index (κ1) is 19.3. The van der Waals surface area contributed by atoms with Crippen molar-refractivity contribution in [2.45, 2.75) is 44.9 Å². The molecule has 0 aromatic heterocycles. The Balaban J connectivity index is 2.17. The van der Waals surface area contributed by atoms with Crippen LogP contribution in [0.3, 0.4) is 0 Å². The molecule has 3 nitrogen and oxygen atoms in total. The number of hydrogen-bond donors (Lipinski definition) is 1. The maximum Gasteiger partial charge on any atom is 0.194 e. The second kappa shape index (κ2) is 7.05. The van der Waals surface area contributed by atoms with Crippen molar-refractivity contribution >= 4 is 14.0 Å². The summed E-state index contributed by atoms with van der Waals surface area (Å²) < 4.78 is 46.6. The minimum Gasteiger partial charge on any atom is -0.415 e. The number of hydrogen-bond acceptors (Lipinski definition) is 3. The van der Waals surface area contributed by atoms with Crippen LogP contribution < -0.4 is 10.2 Å². The standard InChI is InChI=1S/C17H27F3N2OSi/c1-17(2,3)24(4,5)23-11-13-10-21-6-7-22(13)12-8-14(18)16(20)15(19)9-12/h8-9,13,21H,6-7,10-11H2,1-5H3/t13-/m0/s1. The van der Waals surface area contributed by atoms with Gasteiger partial charge >= 0.3 is 0 Å². The average molecular weight is 360 g/mol. The van der Waals surface area contributed by atoms with E-state index in [1.807, 2.05) is 4.90 Å². The maximum atomic E-state index is 13.6. The van der Waals surface area contributed by atoms with Crippen LogP contribution in [0.4, 0.5) is 18.9 Å². The van der Waals surface area contributed by atoms with Crippen LogP contribution in [0.1, 0.15) is 20.8 Å². The fourth-order valence-corrected chi connectivity index (χ4v) is 3.52. The van der Waals surface area contributed by atoms with E-state index in [9.17, 15) is 13.2 Å².